The van der Waals surface area contributed by atoms with E-state index in [4.69, 9.17) is 10.3 Å². The molecule has 0 spiro atoms. The Morgan fingerprint density at radius 1 is 1.62 bits per heavy atom. The first-order valence-corrected chi connectivity index (χ1v) is 7.13. The van der Waals surface area contributed by atoms with Crippen LogP contribution < -0.4 is 5.32 Å². The highest BCUT2D eigenvalue weighted by Gasteiger charge is 2.37. The van der Waals surface area contributed by atoms with Crippen LogP contribution in [-0.2, 0) is 15.1 Å². The number of hydrogen-bond acceptors (Lipinski definition) is 4. The lowest BCUT2D eigenvalue weighted by atomic mass is 9.92. The summed E-state index contributed by atoms with van der Waals surface area (Å²) in [4.78, 5) is 14.9. The summed E-state index contributed by atoms with van der Waals surface area (Å²) in [6.07, 6.45) is 0. The summed E-state index contributed by atoms with van der Waals surface area (Å²) in [6, 6.07) is 4.06. The average molecular weight is 359 g/mol. The Labute approximate surface area is 130 Å². The maximum absolute atomic E-state index is 13.2. The molecule has 1 rings (SSSR count). The topological polar surface area (TPSA) is 87.1 Å². The van der Waals surface area contributed by atoms with Gasteiger partial charge < -0.3 is 4.74 Å². The molecule has 0 saturated heterocycles. The first-order valence-electron chi connectivity index (χ1n) is 6.34. The first-order chi connectivity index (χ1) is 9.95. The molecule has 0 bridgehead atoms. The minimum absolute atomic E-state index is 0.185. The van der Waals surface area contributed by atoms with Crippen molar-refractivity contribution >= 4 is 21.9 Å². The van der Waals surface area contributed by atoms with Gasteiger partial charge in [-0.25, -0.2) is 9.18 Å². The minimum Gasteiger partial charge on any atom is -0.464 e. The number of halogens is 2. The summed E-state index contributed by atoms with van der Waals surface area (Å²) in [7, 11) is 0. The molecule has 1 N–H and O–H groups in total. The predicted octanol–water partition coefficient (Wildman–Crippen LogP) is 3.27. The lowest BCUT2D eigenvalue weighted by molar-refractivity contribution is -0.151. The monoisotopic (exact) mass is 358 g/mol. The van der Waals surface area contributed by atoms with Crippen molar-refractivity contribution in [3.8, 4) is 0 Å². The normalized spacial score (nSPS) is 13.1. The molecular weight excluding hydrogens is 343 g/mol. The molecule has 0 saturated carbocycles. The third-order valence-corrected chi connectivity index (χ3v) is 3.56. The zero-order chi connectivity index (χ0) is 15.9. The number of rotatable bonds is 7. The smallest absolute Gasteiger partial charge is 0.330 e. The molecule has 1 aromatic rings. The highest BCUT2D eigenvalue weighted by molar-refractivity contribution is 9.10. The van der Waals surface area contributed by atoms with Crippen LogP contribution in [0.5, 0.6) is 0 Å². The van der Waals surface area contributed by atoms with E-state index in [2.05, 4.69) is 31.3 Å². The molecule has 8 heteroatoms. The van der Waals surface area contributed by atoms with Gasteiger partial charge in [0.05, 0.1) is 6.61 Å². The second-order valence-corrected chi connectivity index (χ2v) is 5.21. The van der Waals surface area contributed by atoms with Crippen molar-refractivity contribution in [2.24, 2.45) is 5.11 Å². The molecule has 0 aliphatic carbocycles. The maximum atomic E-state index is 13.2. The van der Waals surface area contributed by atoms with Gasteiger partial charge >= 0.3 is 5.97 Å². The van der Waals surface area contributed by atoms with Crippen molar-refractivity contribution in [3.63, 3.8) is 0 Å². The minimum atomic E-state index is -1.17. The van der Waals surface area contributed by atoms with Crippen molar-refractivity contribution in [1.29, 1.82) is 0 Å². The summed E-state index contributed by atoms with van der Waals surface area (Å²) < 4.78 is 18.8. The van der Waals surface area contributed by atoms with E-state index in [1.807, 2.05) is 0 Å². The SMILES string of the molecule is CCOC(=O)C(C)(NCCN=[N+]=[N-])c1ccc(F)cc1Br. The zero-order valence-corrected chi connectivity index (χ0v) is 13.4. The third-order valence-electron chi connectivity index (χ3n) is 2.91. The molecule has 0 amide bonds. The van der Waals surface area contributed by atoms with Gasteiger partial charge in [0.15, 0.2) is 0 Å². The predicted molar refractivity (Wildman–Crippen MR) is 80.1 cm³/mol. The Bertz CT molecular complexity index is 563. The Kier molecular flexibility index (Phi) is 6.61. The highest BCUT2D eigenvalue weighted by Crippen LogP contribution is 2.30. The van der Waals surface area contributed by atoms with Crippen molar-refractivity contribution < 1.29 is 13.9 Å². The molecule has 1 aromatic carbocycles. The fourth-order valence-electron chi connectivity index (χ4n) is 1.85. The molecule has 6 nitrogen and oxygen atoms in total. The Hall–Kier alpha value is -1.63. The maximum Gasteiger partial charge on any atom is 0.330 e. The summed E-state index contributed by atoms with van der Waals surface area (Å²) in [5.41, 5.74) is 7.64. The van der Waals surface area contributed by atoms with E-state index < -0.39 is 17.3 Å². The fraction of sp³-hybridized carbons (Fsp3) is 0.462. The number of carbonyl (C=O) groups is 1. The Morgan fingerprint density at radius 3 is 2.90 bits per heavy atom. The quantitative estimate of drug-likeness (QED) is 0.266. The van der Waals surface area contributed by atoms with Gasteiger partial charge in [-0.15, -0.1) is 0 Å². The van der Waals surface area contributed by atoms with Gasteiger partial charge in [-0.2, -0.15) is 0 Å². The molecule has 1 atom stereocenters. The van der Waals surface area contributed by atoms with Crippen LogP contribution in [0.15, 0.2) is 27.8 Å². The zero-order valence-electron chi connectivity index (χ0n) is 11.8. The lowest BCUT2D eigenvalue weighted by Crippen LogP contribution is -2.48. The standard InChI is InChI=1S/C13H16BrFN4O2/c1-3-21-12(20)13(2,17-6-7-18-19-16)10-5-4-9(15)8-11(10)14/h4-5,8,17H,3,6-7H2,1-2H3. The van der Waals surface area contributed by atoms with Crippen LogP contribution in [0.1, 0.15) is 19.4 Å². The molecule has 21 heavy (non-hydrogen) atoms. The summed E-state index contributed by atoms with van der Waals surface area (Å²) in [5.74, 6) is -0.899. The average Bonchev–Trinajstić information content (AvgIpc) is 2.43. The highest BCUT2D eigenvalue weighted by atomic mass is 79.9. The van der Waals surface area contributed by atoms with Crippen LogP contribution in [0.25, 0.3) is 10.4 Å². The van der Waals surface area contributed by atoms with E-state index in [1.165, 1.54) is 18.2 Å². The number of nitrogens with one attached hydrogen (secondary N) is 1. The van der Waals surface area contributed by atoms with Crippen molar-refractivity contribution in [1.82, 2.24) is 5.32 Å². The number of esters is 1. The van der Waals surface area contributed by atoms with Crippen LogP contribution >= 0.6 is 15.9 Å². The molecule has 0 aliphatic heterocycles. The molecule has 0 aromatic heterocycles. The number of ether oxygens (including phenoxy) is 1. The Balaban J connectivity index is 3.10. The second kappa shape index (κ2) is 7.97. The van der Waals surface area contributed by atoms with Gasteiger partial charge in [0.1, 0.15) is 11.4 Å². The van der Waals surface area contributed by atoms with E-state index in [9.17, 15) is 9.18 Å². The number of nitrogens with zero attached hydrogens (tertiary/aromatic N) is 3. The van der Waals surface area contributed by atoms with Crippen LogP contribution in [0.2, 0.25) is 0 Å². The van der Waals surface area contributed by atoms with Crippen LogP contribution in [-0.4, -0.2) is 25.7 Å². The molecule has 114 valence electrons. The van der Waals surface area contributed by atoms with Crippen LogP contribution in [0, 0.1) is 5.82 Å². The molecule has 0 heterocycles. The van der Waals surface area contributed by atoms with Gasteiger partial charge in [-0.05, 0) is 37.1 Å². The van der Waals surface area contributed by atoms with Crippen molar-refractivity contribution in [3.05, 3.63) is 44.5 Å². The lowest BCUT2D eigenvalue weighted by Gasteiger charge is -2.30. The molecule has 0 fully saturated rings. The van der Waals surface area contributed by atoms with Gasteiger partial charge in [-0.1, -0.05) is 27.1 Å². The second-order valence-electron chi connectivity index (χ2n) is 4.35. The molecule has 1 unspecified atom stereocenters. The fourth-order valence-corrected chi connectivity index (χ4v) is 2.60. The van der Waals surface area contributed by atoms with Crippen molar-refractivity contribution in [2.45, 2.75) is 19.4 Å². The third kappa shape index (κ3) is 4.42. The van der Waals surface area contributed by atoms with Crippen LogP contribution in [0.4, 0.5) is 4.39 Å². The number of hydrogen-bond donors (Lipinski definition) is 1. The molecule has 0 radical (unpaired) electrons. The first kappa shape index (κ1) is 17.4. The van der Waals surface area contributed by atoms with E-state index in [-0.39, 0.29) is 19.7 Å². The van der Waals surface area contributed by atoms with E-state index in [0.29, 0.717) is 10.0 Å². The van der Waals surface area contributed by atoms with E-state index in [0.717, 1.165) is 0 Å². The van der Waals surface area contributed by atoms with Gasteiger partial charge in [0, 0.05) is 22.5 Å². The summed E-state index contributed by atoms with van der Waals surface area (Å²) >= 11 is 3.26. The van der Waals surface area contributed by atoms with Gasteiger partial charge in [-0.3, -0.25) is 5.32 Å². The largest absolute Gasteiger partial charge is 0.464 e. The number of azide groups is 1. The number of carbonyl (C=O) groups excluding carboxylic acids is 1. The van der Waals surface area contributed by atoms with Gasteiger partial charge in [0.2, 0.25) is 0 Å². The van der Waals surface area contributed by atoms with E-state index in [1.54, 1.807) is 13.8 Å². The number of benzene rings is 1. The van der Waals surface area contributed by atoms with Crippen LogP contribution in [0.3, 0.4) is 0 Å². The molecule has 0 aliphatic rings. The molecular formula is C13H16BrFN4O2. The summed E-state index contributed by atoms with van der Waals surface area (Å²) in [6.45, 7) is 4.04. The summed E-state index contributed by atoms with van der Waals surface area (Å²) in [5, 5.41) is 6.40. The van der Waals surface area contributed by atoms with E-state index >= 15 is 0 Å². The van der Waals surface area contributed by atoms with Gasteiger partial charge in [0.25, 0.3) is 0 Å². The van der Waals surface area contributed by atoms with Crippen molar-refractivity contribution in [2.75, 3.05) is 19.7 Å². The Morgan fingerprint density at radius 2 is 2.33 bits per heavy atom.